The molecule has 0 radical (unpaired) electrons. The Morgan fingerprint density at radius 2 is 2.29 bits per heavy atom. The van der Waals surface area contributed by atoms with E-state index in [0.717, 1.165) is 0 Å². The Labute approximate surface area is 98.8 Å². The molecule has 7 nitrogen and oxygen atoms in total. The zero-order valence-corrected chi connectivity index (χ0v) is 9.80. The normalized spacial score (nSPS) is 10.3. The molecule has 0 bridgehead atoms. The van der Waals surface area contributed by atoms with E-state index in [4.69, 9.17) is 5.11 Å². The van der Waals surface area contributed by atoms with Gasteiger partial charge in [0.2, 0.25) is 0 Å². The summed E-state index contributed by atoms with van der Waals surface area (Å²) in [6.07, 6.45) is 2.96. The van der Waals surface area contributed by atoms with Gasteiger partial charge >= 0.3 is 12.0 Å². The van der Waals surface area contributed by atoms with Crippen molar-refractivity contribution in [2.45, 2.75) is 26.3 Å². The summed E-state index contributed by atoms with van der Waals surface area (Å²) in [5, 5.41) is 17.5. The summed E-state index contributed by atoms with van der Waals surface area (Å²) in [6, 6.07) is -0.399. The van der Waals surface area contributed by atoms with Crippen molar-refractivity contribution in [3.63, 3.8) is 0 Å². The highest BCUT2D eigenvalue weighted by atomic mass is 16.4. The predicted octanol–water partition coefficient (Wildman–Crippen LogP) is 1.13. The van der Waals surface area contributed by atoms with E-state index in [2.05, 4.69) is 15.5 Å². The van der Waals surface area contributed by atoms with Crippen LogP contribution in [0.15, 0.2) is 12.4 Å². The molecule has 94 valence electrons. The van der Waals surface area contributed by atoms with E-state index in [0.29, 0.717) is 5.69 Å². The molecule has 7 heteroatoms. The minimum atomic E-state index is -0.924. The monoisotopic (exact) mass is 240 g/mol. The molecule has 0 aliphatic heterocycles. The average molecular weight is 240 g/mol. The van der Waals surface area contributed by atoms with Crippen LogP contribution in [0.5, 0.6) is 0 Å². The summed E-state index contributed by atoms with van der Waals surface area (Å²) in [6.45, 7) is 3.84. The maximum atomic E-state index is 11.8. The minimum Gasteiger partial charge on any atom is -0.481 e. The number of anilines is 1. The lowest BCUT2D eigenvalue weighted by Crippen LogP contribution is -2.41. The maximum absolute atomic E-state index is 11.8. The lowest BCUT2D eigenvalue weighted by Gasteiger charge is -2.25. The molecule has 0 aliphatic rings. The summed E-state index contributed by atoms with van der Waals surface area (Å²) >= 11 is 0. The lowest BCUT2D eigenvalue weighted by molar-refractivity contribution is -0.137. The molecular formula is C10H16N4O3. The lowest BCUT2D eigenvalue weighted by atomic mass is 10.3. The summed E-state index contributed by atoms with van der Waals surface area (Å²) in [4.78, 5) is 23.8. The molecule has 0 spiro atoms. The molecule has 1 rings (SSSR count). The topological polar surface area (TPSA) is 98.3 Å². The number of aromatic nitrogens is 2. The number of carboxylic acid groups (broad SMARTS) is 1. The van der Waals surface area contributed by atoms with E-state index in [1.165, 1.54) is 11.1 Å². The number of hydrogen-bond acceptors (Lipinski definition) is 3. The van der Waals surface area contributed by atoms with Gasteiger partial charge in [0.15, 0.2) is 0 Å². The van der Waals surface area contributed by atoms with Crippen LogP contribution in [0.25, 0.3) is 0 Å². The molecule has 1 aromatic rings. The number of hydrogen-bond donors (Lipinski definition) is 3. The fourth-order valence-electron chi connectivity index (χ4n) is 1.32. The van der Waals surface area contributed by atoms with E-state index >= 15 is 0 Å². The smallest absolute Gasteiger partial charge is 0.322 e. The molecule has 0 saturated carbocycles. The Morgan fingerprint density at radius 3 is 2.76 bits per heavy atom. The molecule has 1 heterocycles. The fraction of sp³-hybridized carbons (Fsp3) is 0.500. The number of amides is 2. The fourth-order valence-corrected chi connectivity index (χ4v) is 1.32. The van der Waals surface area contributed by atoms with E-state index in [-0.39, 0.29) is 25.0 Å². The molecule has 0 aromatic carbocycles. The number of nitrogens with zero attached hydrogens (tertiary/aromatic N) is 2. The van der Waals surface area contributed by atoms with Crippen LogP contribution in [-0.2, 0) is 4.79 Å². The Hall–Kier alpha value is -2.05. The zero-order chi connectivity index (χ0) is 12.8. The highest BCUT2D eigenvalue weighted by Gasteiger charge is 2.18. The first-order chi connectivity index (χ1) is 8.00. The first-order valence-electron chi connectivity index (χ1n) is 5.29. The third-order valence-electron chi connectivity index (χ3n) is 2.20. The van der Waals surface area contributed by atoms with Crippen LogP contribution in [0.4, 0.5) is 10.5 Å². The van der Waals surface area contributed by atoms with Crippen LogP contribution in [0.1, 0.15) is 20.3 Å². The average Bonchev–Trinajstić information content (AvgIpc) is 2.69. The van der Waals surface area contributed by atoms with Crippen molar-refractivity contribution in [2.24, 2.45) is 0 Å². The molecule has 3 N–H and O–H groups in total. The van der Waals surface area contributed by atoms with Crippen molar-refractivity contribution in [1.82, 2.24) is 15.1 Å². The predicted molar refractivity (Wildman–Crippen MR) is 61.7 cm³/mol. The van der Waals surface area contributed by atoms with Crippen LogP contribution < -0.4 is 5.32 Å². The first kappa shape index (κ1) is 13.0. The number of aliphatic carboxylic acids is 1. The van der Waals surface area contributed by atoms with Gasteiger partial charge in [-0.25, -0.2) is 4.79 Å². The van der Waals surface area contributed by atoms with Crippen molar-refractivity contribution in [1.29, 1.82) is 0 Å². The third-order valence-corrected chi connectivity index (χ3v) is 2.20. The summed E-state index contributed by atoms with van der Waals surface area (Å²) in [7, 11) is 0. The number of carbonyl (C=O) groups is 2. The largest absolute Gasteiger partial charge is 0.481 e. The van der Waals surface area contributed by atoms with Gasteiger partial charge in [0.1, 0.15) is 0 Å². The zero-order valence-electron chi connectivity index (χ0n) is 9.80. The van der Waals surface area contributed by atoms with E-state index in [9.17, 15) is 9.59 Å². The van der Waals surface area contributed by atoms with Crippen LogP contribution in [0.3, 0.4) is 0 Å². The Kier molecular flexibility index (Phi) is 4.50. The molecule has 0 atom stereocenters. The van der Waals surface area contributed by atoms with Gasteiger partial charge in [-0.2, -0.15) is 5.10 Å². The maximum Gasteiger partial charge on any atom is 0.322 e. The highest BCUT2D eigenvalue weighted by Crippen LogP contribution is 2.07. The number of carboxylic acids is 1. The SMILES string of the molecule is CC(C)N(CCC(=O)O)C(=O)Nc1cn[nH]c1. The van der Waals surface area contributed by atoms with Gasteiger partial charge in [-0.15, -0.1) is 0 Å². The number of H-pyrrole nitrogens is 1. The number of urea groups is 1. The number of carbonyl (C=O) groups excluding carboxylic acids is 1. The second kappa shape index (κ2) is 5.88. The quantitative estimate of drug-likeness (QED) is 0.718. The highest BCUT2D eigenvalue weighted by molar-refractivity contribution is 5.89. The van der Waals surface area contributed by atoms with Gasteiger partial charge in [0, 0.05) is 18.8 Å². The summed E-state index contributed by atoms with van der Waals surface area (Å²) < 4.78 is 0. The van der Waals surface area contributed by atoms with Gasteiger partial charge in [0.05, 0.1) is 18.3 Å². The van der Waals surface area contributed by atoms with Gasteiger partial charge in [0.25, 0.3) is 0 Å². The van der Waals surface area contributed by atoms with Gasteiger partial charge < -0.3 is 15.3 Å². The van der Waals surface area contributed by atoms with Crippen molar-refractivity contribution >= 4 is 17.7 Å². The Morgan fingerprint density at radius 1 is 1.59 bits per heavy atom. The van der Waals surface area contributed by atoms with Crippen molar-refractivity contribution in [3.8, 4) is 0 Å². The van der Waals surface area contributed by atoms with E-state index in [1.807, 2.05) is 13.8 Å². The summed E-state index contributed by atoms with van der Waals surface area (Å²) in [5.74, 6) is -0.924. The Bertz CT molecular complexity index is 375. The second-order valence-corrected chi connectivity index (χ2v) is 3.85. The van der Waals surface area contributed by atoms with Crippen LogP contribution in [-0.4, -0.2) is 44.8 Å². The molecule has 0 aliphatic carbocycles. The first-order valence-corrected chi connectivity index (χ1v) is 5.29. The Balaban J connectivity index is 2.57. The van der Waals surface area contributed by atoms with Crippen LogP contribution in [0.2, 0.25) is 0 Å². The molecular weight excluding hydrogens is 224 g/mol. The molecule has 0 fully saturated rings. The number of rotatable bonds is 5. The molecule has 1 aromatic heterocycles. The summed E-state index contributed by atoms with van der Waals surface area (Å²) in [5.41, 5.74) is 0.552. The molecule has 0 unspecified atom stereocenters. The second-order valence-electron chi connectivity index (χ2n) is 3.85. The van der Waals surface area contributed by atoms with Crippen LogP contribution in [0, 0.1) is 0 Å². The van der Waals surface area contributed by atoms with Crippen molar-refractivity contribution < 1.29 is 14.7 Å². The number of nitrogens with one attached hydrogen (secondary N) is 2. The van der Waals surface area contributed by atoms with Gasteiger partial charge in [-0.1, -0.05) is 0 Å². The third kappa shape index (κ3) is 4.13. The molecule has 17 heavy (non-hydrogen) atoms. The van der Waals surface area contributed by atoms with Gasteiger partial charge in [-0.05, 0) is 13.8 Å². The number of aromatic amines is 1. The van der Waals surface area contributed by atoms with E-state index < -0.39 is 5.97 Å². The standard InChI is InChI=1S/C10H16N4O3/c1-7(2)14(4-3-9(15)16)10(17)13-8-5-11-12-6-8/h5-7H,3-4H2,1-2H3,(H,11,12)(H,13,17)(H,15,16). The molecule has 2 amide bonds. The van der Waals surface area contributed by atoms with Crippen molar-refractivity contribution in [3.05, 3.63) is 12.4 Å². The van der Waals surface area contributed by atoms with Crippen molar-refractivity contribution in [2.75, 3.05) is 11.9 Å². The van der Waals surface area contributed by atoms with Gasteiger partial charge in [-0.3, -0.25) is 9.89 Å². The van der Waals surface area contributed by atoms with Crippen LogP contribution >= 0.6 is 0 Å². The molecule has 0 saturated heterocycles. The van der Waals surface area contributed by atoms with E-state index in [1.54, 1.807) is 6.20 Å². The minimum absolute atomic E-state index is 0.0683.